The highest BCUT2D eigenvalue weighted by Gasteiger charge is 2.17. The Kier molecular flexibility index (Phi) is 4.83. The average Bonchev–Trinajstić information content (AvgIpc) is 3.28. The van der Waals surface area contributed by atoms with Crippen molar-refractivity contribution in [2.24, 2.45) is 7.05 Å². The summed E-state index contributed by atoms with van der Waals surface area (Å²) >= 11 is 0. The third kappa shape index (κ3) is 3.55. The molecule has 1 atom stereocenters. The molecular formula is C18H21N5O2. The van der Waals surface area contributed by atoms with Gasteiger partial charge in [-0.3, -0.25) is 9.48 Å². The van der Waals surface area contributed by atoms with Gasteiger partial charge in [0.25, 0.3) is 5.91 Å². The van der Waals surface area contributed by atoms with Gasteiger partial charge >= 0.3 is 0 Å². The van der Waals surface area contributed by atoms with Crippen LogP contribution in [-0.2, 0) is 7.05 Å². The molecule has 3 aromatic rings. The van der Waals surface area contributed by atoms with E-state index >= 15 is 0 Å². The summed E-state index contributed by atoms with van der Waals surface area (Å²) in [7, 11) is 3.46. The predicted octanol–water partition coefficient (Wildman–Crippen LogP) is 2.50. The minimum absolute atomic E-state index is 0.0872. The van der Waals surface area contributed by atoms with Crippen molar-refractivity contribution in [2.45, 2.75) is 19.4 Å². The Morgan fingerprint density at radius 2 is 2.04 bits per heavy atom. The van der Waals surface area contributed by atoms with Crippen molar-refractivity contribution in [3.63, 3.8) is 0 Å². The minimum Gasteiger partial charge on any atom is -0.494 e. The van der Waals surface area contributed by atoms with Gasteiger partial charge in [-0.25, -0.2) is 4.68 Å². The average molecular weight is 339 g/mol. The fourth-order valence-corrected chi connectivity index (χ4v) is 2.67. The van der Waals surface area contributed by atoms with Crippen LogP contribution >= 0.6 is 0 Å². The van der Waals surface area contributed by atoms with Crippen LogP contribution in [0.1, 0.15) is 35.3 Å². The smallest absolute Gasteiger partial charge is 0.254 e. The Hall–Kier alpha value is -3.09. The second-order valence-corrected chi connectivity index (χ2v) is 5.73. The van der Waals surface area contributed by atoms with E-state index < -0.39 is 0 Å². The van der Waals surface area contributed by atoms with Gasteiger partial charge in [-0.05, 0) is 18.6 Å². The van der Waals surface area contributed by atoms with Crippen LogP contribution in [-0.4, -0.2) is 32.6 Å². The lowest BCUT2D eigenvalue weighted by Crippen LogP contribution is -2.27. The van der Waals surface area contributed by atoms with E-state index in [1.807, 2.05) is 44.4 Å². The summed E-state index contributed by atoms with van der Waals surface area (Å²) in [5.74, 6) is 0.524. The molecule has 0 aliphatic carbocycles. The standard InChI is InChI=1S/C18H21N5O2/c1-4-15(13-9-19-22(2)11-13)21-18(24)14-10-20-23(12-14)16-7-5-6-8-17(16)25-3/h5-12,15H,4H2,1-3H3,(H,21,24)/t15-/m0/s1. The van der Waals surface area contributed by atoms with E-state index in [0.29, 0.717) is 11.3 Å². The number of aromatic nitrogens is 4. The quantitative estimate of drug-likeness (QED) is 0.749. The van der Waals surface area contributed by atoms with E-state index in [2.05, 4.69) is 15.5 Å². The summed E-state index contributed by atoms with van der Waals surface area (Å²) in [4.78, 5) is 12.6. The lowest BCUT2D eigenvalue weighted by Gasteiger charge is -2.14. The molecule has 1 aromatic carbocycles. The first kappa shape index (κ1) is 16.8. The highest BCUT2D eigenvalue weighted by atomic mass is 16.5. The van der Waals surface area contributed by atoms with Crippen LogP contribution in [0.15, 0.2) is 49.1 Å². The number of nitrogens with one attached hydrogen (secondary N) is 1. The van der Waals surface area contributed by atoms with Gasteiger partial charge in [0.05, 0.1) is 31.1 Å². The second-order valence-electron chi connectivity index (χ2n) is 5.73. The van der Waals surface area contributed by atoms with Crippen molar-refractivity contribution in [3.05, 3.63) is 60.2 Å². The summed E-state index contributed by atoms with van der Waals surface area (Å²) in [5.41, 5.74) is 2.26. The Bertz CT molecular complexity index is 868. The molecule has 0 fully saturated rings. The van der Waals surface area contributed by atoms with Gasteiger partial charge in [0.15, 0.2) is 0 Å². The minimum atomic E-state index is -0.170. The summed E-state index contributed by atoms with van der Waals surface area (Å²) in [6, 6.07) is 7.44. The molecule has 2 heterocycles. The maximum atomic E-state index is 12.6. The Labute approximate surface area is 146 Å². The molecule has 7 nitrogen and oxygen atoms in total. The summed E-state index contributed by atoms with van der Waals surface area (Å²) in [6.07, 6.45) is 7.71. The summed E-state index contributed by atoms with van der Waals surface area (Å²) in [5, 5.41) is 11.5. The normalized spacial score (nSPS) is 12.0. The molecule has 0 radical (unpaired) electrons. The van der Waals surface area contributed by atoms with Gasteiger partial charge in [0.1, 0.15) is 11.4 Å². The molecule has 2 aromatic heterocycles. The van der Waals surface area contributed by atoms with E-state index in [0.717, 1.165) is 17.7 Å². The number of carbonyl (C=O) groups is 1. The first-order valence-electron chi connectivity index (χ1n) is 8.09. The van der Waals surface area contributed by atoms with Crippen LogP contribution in [0.2, 0.25) is 0 Å². The van der Waals surface area contributed by atoms with Gasteiger partial charge in [0.2, 0.25) is 0 Å². The lowest BCUT2D eigenvalue weighted by molar-refractivity contribution is 0.0935. The van der Waals surface area contributed by atoms with Crippen LogP contribution in [0, 0.1) is 0 Å². The molecular weight excluding hydrogens is 318 g/mol. The van der Waals surface area contributed by atoms with E-state index in [9.17, 15) is 4.79 Å². The van der Waals surface area contributed by atoms with E-state index in [1.165, 1.54) is 0 Å². The highest BCUT2D eigenvalue weighted by molar-refractivity contribution is 5.94. The van der Waals surface area contributed by atoms with Crippen molar-refractivity contribution in [3.8, 4) is 11.4 Å². The molecule has 1 N–H and O–H groups in total. The van der Waals surface area contributed by atoms with Crippen molar-refractivity contribution in [2.75, 3.05) is 7.11 Å². The van der Waals surface area contributed by atoms with Gasteiger partial charge in [0, 0.05) is 25.0 Å². The number of rotatable bonds is 6. The largest absolute Gasteiger partial charge is 0.494 e. The SMILES string of the molecule is CC[C@H](NC(=O)c1cnn(-c2ccccc2OC)c1)c1cnn(C)c1. The number of ether oxygens (including phenoxy) is 1. The number of para-hydroxylation sites is 2. The summed E-state index contributed by atoms with van der Waals surface area (Å²) < 4.78 is 8.70. The van der Waals surface area contributed by atoms with Crippen molar-refractivity contribution < 1.29 is 9.53 Å². The zero-order valence-electron chi connectivity index (χ0n) is 14.5. The number of carbonyl (C=O) groups excluding carboxylic acids is 1. The third-order valence-electron chi connectivity index (χ3n) is 4.02. The molecule has 7 heteroatoms. The Morgan fingerprint density at radius 3 is 2.72 bits per heavy atom. The molecule has 0 spiro atoms. The fourth-order valence-electron chi connectivity index (χ4n) is 2.67. The maximum absolute atomic E-state index is 12.6. The van der Waals surface area contributed by atoms with Gasteiger partial charge < -0.3 is 10.1 Å². The van der Waals surface area contributed by atoms with Crippen LogP contribution in [0.3, 0.4) is 0 Å². The molecule has 0 saturated carbocycles. The molecule has 0 unspecified atom stereocenters. The molecule has 0 bridgehead atoms. The number of nitrogens with zero attached hydrogens (tertiary/aromatic N) is 4. The van der Waals surface area contributed by atoms with E-state index in [1.54, 1.807) is 35.1 Å². The van der Waals surface area contributed by atoms with Crippen LogP contribution < -0.4 is 10.1 Å². The molecule has 1 amide bonds. The van der Waals surface area contributed by atoms with Crippen molar-refractivity contribution in [1.82, 2.24) is 24.9 Å². The highest BCUT2D eigenvalue weighted by Crippen LogP contribution is 2.22. The topological polar surface area (TPSA) is 74.0 Å². The number of aryl methyl sites for hydroxylation is 1. The van der Waals surface area contributed by atoms with Crippen molar-refractivity contribution >= 4 is 5.91 Å². The fraction of sp³-hybridized carbons (Fsp3) is 0.278. The monoisotopic (exact) mass is 339 g/mol. The zero-order chi connectivity index (χ0) is 17.8. The molecule has 0 aliphatic rings. The number of amides is 1. The van der Waals surface area contributed by atoms with Crippen LogP contribution in [0.5, 0.6) is 5.75 Å². The van der Waals surface area contributed by atoms with Gasteiger partial charge in [-0.2, -0.15) is 10.2 Å². The number of benzene rings is 1. The Balaban J connectivity index is 1.78. The first-order valence-corrected chi connectivity index (χ1v) is 8.09. The Morgan fingerprint density at radius 1 is 1.24 bits per heavy atom. The van der Waals surface area contributed by atoms with E-state index in [4.69, 9.17) is 4.74 Å². The van der Waals surface area contributed by atoms with Crippen LogP contribution in [0.4, 0.5) is 0 Å². The van der Waals surface area contributed by atoms with Gasteiger partial charge in [-0.1, -0.05) is 19.1 Å². The molecule has 25 heavy (non-hydrogen) atoms. The molecule has 0 saturated heterocycles. The van der Waals surface area contributed by atoms with Gasteiger partial charge in [-0.15, -0.1) is 0 Å². The van der Waals surface area contributed by atoms with E-state index in [-0.39, 0.29) is 11.9 Å². The summed E-state index contributed by atoms with van der Waals surface area (Å²) in [6.45, 7) is 2.02. The predicted molar refractivity (Wildman–Crippen MR) is 93.8 cm³/mol. The second kappa shape index (κ2) is 7.21. The molecule has 3 rings (SSSR count). The van der Waals surface area contributed by atoms with Crippen LogP contribution in [0.25, 0.3) is 5.69 Å². The third-order valence-corrected chi connectivity index (χ3v) is 4.02. The lowest BCUT2D eigenvalue weighted by atomic mass is 10.1. The number of hydrogen-bond acceptors (Lipinski definition) is 4. The first-order chi connectivity index (χ1) is 12.1. The maximum Gasteiger partial charge on any atom is 0.254 e. The zero-order valence-corrected chi connectivity index (χ0v) is 14.5. The number of hydrogen-bond donors (Lipinski definition) is 1. The van der Waals surface area contributed by atoms with Crippen molar-refractivity contribution in [1.29, 1.82) is 0 Å². The molecule has 130 valence electrons. The number of methoxy groups -OCH3 is 1. The molecule has 0 aliphatic heterocycles.